The summed E-state index contributed by atoms with van der Waals surface area (Å²) in [6, 6.07) is 0. The van der Waals surface area contributed by atoms with Crippen molar-refractivity contribution in [1.82, 2.24) is 20.5 Å². The van der Waals surface area contributed by atoms with E-state index < -0.39 is 0 Å². The molecule has 8 heteroatoms. The second-order valence-electron chi connectivity index (χ2n) is 4.21. The first kappa shape index (κ1) is 13.2. The molecule has 0 fully saturated rings. The maximum Gasteiger partial charge on any atom is 0.267 e. The lowest BCUT2D eigenvalue weighted by molar-refractivity contribution is -0.130. The summed E-state index contributed by atoms with van der Waals surface area (Å²) in [5, 5.41) is 11.5. The van der Waals surface area contributed by atoms with Gasteiger partial charge in [0.25, 0.3) is 5.91 Å². The number of nitrogens with zero attached hydrogens (tertiary/aromatic N) is 4. The minimum absolute atomic E-state index is 0.0853. The van der Waals surface area contributed by atoms with Crippen LogP contribution in [0.2, 0.25) is 0 Å². The highest BCUT2D eigenvalue weighted by atomic mass is 16.5. The Labute approximate surface area is 109 Å². The van der Waals surface area contributed by atoms with Crippen LogP contribution in [0, 0.1) is 6.92 Å². The first-order chi connectivity index (χ1) is 9.06. The third-order valence-corrected chi connectivity index (χ3v) is 2.66. The number of aromatic nitrogens is 2. The first-order valence-corrected chi connectivity index (χ1v) is 5.97. The van der Waals surface area contributed by atoms with Crippen LogP contribution in [0.15, 0.2) is 9.62 Å². The van der Waals surface area contributed by atoms with Gasteiger partial charge in [-0.1, -0.05) is 5.16 Å². The fraction of sp³-hybridized carbons (Fsp3) is 0.545. The lowest BCUT2D eigenvalue weighted by Crippen LogP contribution is -2.38. The minimum atomic E-state index is -0.268. The monoisotopic (exact) mass is 265 g/mol. The zero-order valence-corrected chi connectivity index (χ0v) is 10.8. The van der Waals surface area contributed by atoms with Gasteiger partial charge in [0.1, 0.15) is 5.71 Å². The molecule has 1 aromatic heterocycles. The Balaban J connectivity index is 1.81. The van der Waals surface area contributed by atoms with E-state index in [9.17, 15) is 9.59 Å². The van der Waals surface area contributed by atoms with Gasteiger partial charge in [0.15, 0.2) is 5.82 Å². The number of amides is 2. The predicted molar refractivity (Wildman–Crippen MR) is 65.2 cm³/mol. The molecule has 0 bridgehead atoms. The van der Waals surface area contributed by atoms with Gasteiger partial charge in [0.05, 0.1) is 0 Å². The van der Waals surface area contributed by atoms with Crippen LogP contribution in [-0.4, -0.2) is 46.3 Å². The minimum Gasteiger partial charge on any atom is -0.350 e. The molecule has 0 atom stereocenters. The lowest BCUT2D eigenvalue weighted by Gasteiger charge is -2.18. The van der Waals surface area contributed by atoms with Crippen LogP contribution in [0.25, 0.3) is 0 Å². The molecule has 1 N–H and O–H groups in total. The first-order valence-electron chi connectivity index (χ1n) is 5.97. The van der Waals surface area contributed by atoms with E-state index in [1.807, 2.05) is 0 Å². The van der Waals surface area contributed by atoms with Crippen molar-refractivity contribution in [1.29, 1.82) is 0 Å². The van der Waals surface area contributed by atoms with Crippen LogP contribution in [0.3, 0.4) is 0 Å². The van der Waals surface area contributed by atoms with Crippen LogP contribution in [0.1, 0.15) is 24.6 Å². The second-order valence-corrected chi connectivity index (χ2v) is 4.21. The highest BCUT2D eigenvalue weighted by molar-refractivity contribution is 6.39. The van der Waals surface area contributed by atoms with Crippen LogP contribution < -0.4 is 5.32 Å². The zero-order valence-electron chi connectivity index (χ0n) is 10.8. The van der Waals surface area contributed by atoms with E-state index in [1.54, 1.807) is 6.92 Å². The molecule has 19 heavy (non-hydrogen) atoms. The van der Waals surface area contributed by atoms with E-state index in [2.05, 4.69) is 20.6 Å². The molecule has 8 nitrogen and oxygen atoms in total. The number of nitrogens with one attached hydrogen (secondary N) is 1. The topological polar surface area (TPSA) is 101 Å². The number of hydrogen-bond acceptors (Lipinski definition) is 6. The Morgan fingerprint density at radius 2 is 2.26 bits per heavy atom. The Hall–Kier alpha value is -2.25. The van der Waals surface area contributed by atoms with Crippen molar-refractivity contribution in [3.05, 3.63) is 11.7 Å². The molecule has 1 aliphatic rings. The summed E-state index contributed by atoms with van der Waals surface area (Å²) < 4.78 is 4.93. The van der Waals surface area contributed by atoms with E-state index in [0.29, 0.717) is 43.2 Å². The van der Waals surface area contributed by atoms with Crippen molar-refractivity contribution in [3.8, 4) is 0 Å². The molecule has 0 saturated heterocycles. The molecular formula is C11H15N5O3. The highest BCUT2D eigenvalue weighted by Gasteiger charge is 2.21. The third-order valence-electron chi connectivity index (χ3n) is 2.66. The maximum absolute atomic E-state index is 11.8. The SMILES string of the molecule is Cc1noc(CCNC(=O)C2=NN(C)C(=O)CC2)n1. The summed E-state index contributed by atoms with van der Waals surface area (Å²) in [7, 11) is 1.54. The molecule has 0 aromatic carbocycles. The van der Waals surface area contributed by atoms with Gasteiger partial charge in [-0.05, 0) is 6.92 Å². The van der Waals surface area contributed by atoms with Gasteiger partial charge in [-0.2, -0.15) is 10.1 Å². The summed E-state index contributed by atoms with van der Waals surface area (Å²) in [4.78, 5) is 27.1. The van der Waals surface area contributed by atoms with Gasteiger partial charge in [-0.15, -0.1) is 0 Å². The molecule has 2 rings (SSSR count). The zero-order chi connectivity index (χ0) is 13.8. The van der Waals surface area contributed by atoms with E-state index in [0.717, 1.165) is 0 Å². The van der Waals surface area contributed by atoms with E-state index in [-0.39, 0.29) is 11.8 Å². The molecule has 0 radical (unpaired) electrons. The van der Waals surface area contributed by atoms with Gasteiger partial charge in [-0.25, -0.2) is 5.01 Å². The molecule has 1 aromatic rings. The number of carbonyl (C=O) groups excluding carboxylic acids is 2. The molecule has 0 spiro atoms. The second kappa shape index (κ2) is 5.59. The average molecular weight is 265 g/mol. The molecule has 2 amide bonds. The molecular weight excluding hydrogens is 250 g/mol. The van der Waals surface area contributed by atoms with Crippen molar-refractivity contribution in [3.63, 3.8) is 0 Å². The van der Waals surface area contributed by atoms with Gasteiger partial charge >= 0.3 is 0 Å². The largest absolute Gasteiger partial charge is 0.350 e. The predicted octanol–water partition coefficient (Wildman–Crippen LogP) is -0.355. The molecule has 2 heterocycles. The van der Waals surface area contributed by atoms with Gasteiger partial charge in [0.2, 0.25) is 11.8 Å². The van der Waals surface area contributed by atoms with Gasteiger partial charge in [0, 0.05) is 32.9 Å². The number of carbonyl (C=O) groups is 2. The Morgan fingerprint density at radius 3 is 2.89 bits per heavy atom. The molecule has 0 saturated carbocycles. The van der Waals surface area contributed by atoms with Crippen molar-refractivity contribution in [2.45, 2.75) is 26.2 Å². The van der Waals surface area contributed by atoms with Gasteiger partial charge in [-0.3, -0.25) is 9.59 Å². The fourth-order valence-corrected chi connectivity index (χ4v) is 1.66. The Kier molecular flexibility index (Phi) is 3.88. The van der Waals surface area contributed by atoms with Crippen LogP contribution in [0.4, 0.5) is 0 Å². The maximum atomic E-state index is 11.8. The number of rotatable bonds is 4. The standard InChI is InChI=1S/C11H15N5O3/c1-7-13-9(19-15-7)5-6-12-11(18)8-3-4-10(17)16(2)14-8/h3-6H2,1-2H3,(H,12,18). The van der Waals surface area contributed by atoms with Crippen LogP contribution in [-0.2, 0) is 16.0 Å². The summed E-state index contributed by atoms with van der Waals surface area (Å²) in [5.41, 5.74) is 0.365. The molecule has 0 unspecified atom stereocenters. The normalized spacial score (nSPS) is 15.4. The summed E-state index contributed by atoms with van der Waals surface area (Å²) in [5.74, 6) is 0.697. The Bertz CT molecular complexity index is 522. The third kappa shape index (κ3) is 3.36. The molecule has 0 aliphatic carbocycles. The summed E-state index contributed by atoms with van der Waals surface area (Å²) >= 11 is 0. The van der Waals surface area contributed by atoms with E-state index >= 15 is 0 Å². The van der Waals surface area contributed by atoms with Crippen molar-refractivity contribution < 1.29 is 14.1 Å². The van der Waals surface area contributed by atoms with Crippen LogP contribution >= 0.6 is 0 Å². The average Bonchev–Trinajstić information content (AvgIpc) is 2.78. The highest BCUT2D eigenvalue weighted by Crippen LogP contribution is 2.06. The Morgan fingerprint density at radius 1 is 1.47 bits per heavy atom. The van der Waals surface area contributed by atoms with Crippen LogP contribution in [0.5, 0.6) is 0 Å². The van der Waals surface area contributed by atoms with Crippen molar-refractivity contribution in [2.24, 2.45) is 5.10 Å². The smallest absolute Gasteiger partial charge is 0.267 e. The number of hydrogen-bond donors (Lipinski definition) is 1. The van der Waals surface area contributed by atoms with Gasteiger partial charge < -0.3 is 9.84 Å². The lowest BCUT2D eigenvalue weighted by atomic mass is 10.1. The quantitative estimate of drug-likeness (QED) is 0.801. The number of hydrazone groups is 1. The van der Waals surface area contributed by atoms with E-state index in [1.165, 1.54) is 12.1 Å². The van der Waals surface area contributed by atoms with E-state index in [4.69, 9.17) is 4.52 Å². The fourth-order valence-electron chi connectivity index (χ4n) is 1.66. The summed E-state index contributed by atoms with van der Waals surface area (Å²) in [6.45, 7) is 2.12. The molecule has 1 aliphatic heterocycles. The molecule has 102 valence electrons. The van der Waals surface area contributed by atoms with Crippen molar-refractivity contribution in [2.75, 3.05) is 13.6 Å². The summed E-state index contributed by atoms with van der Waals surface area (Å²) in [6.07, 6.45) is 1.15. The number of aryl methyl sites for hydroxylation is 1. The van der Waals surface area contributed by atoms with Crippen molar-refractivity contribution >= 4 is 17.5 Å².